The van der Waals surface area contributed by atoms with Gasteiger partial charge in [-0.3, -0.25) is 4.79 Å². The largest absolute Gasteiger partial charge is 0.496 e. The van der Waals surface area contributed by atoms with Gasteiger partial charge in [-0.25, -0.2) is 0 Å². The standard InChI is InChI=1S/C18H19N3O3/c1-24-14-9-5-4-8-12(14)13-10-19-21-16(13)20-17(22)15(18(21)23)11-6-2-3-7-11/h4-5,8-11,23H,2-3,6-7H2,1H3,(H,20,22). The third-order valence-electron chi connectivity index (χ3n) is 4.85. The smallest absolute Gasteiger partial charge is 0.258 e. The van der Waals surface area contributed by atoms with E-state index in [0.29, 0.717) is 17.0 Å². The molecule has 1 fully saturated rings. The van der Waals surface area contributed by atoms with E-state index in [-0.39, 0.29) is 17.4 Å². The molecule has 3 aromatic rings. The van der Waals surface area contributed by atoms with Gasteiger partial charge in [0, 0.05) is 11.1 Å². The summed E-state index contributed by atoms with van der Waals surface area (Å²) in [7, 11) is 1.60. The van der Waals surface area contributed by atoms with Crippen LogP contribution in [-0.4, -0.2) is 26.8 Å². The number of hydrogen-bond donors (Lipinski definition) is 2. The summed E-state index contributed by atoms with van der Waals surface area (Å²) in [6.07, 6.45) is 5.69. The number of hydrogen-bond acceptors (Lipinski definition) is 4. The lowest BCUT2D eigenvalue weighted by Crippen LogP contribution is -2.18. The van der Waals surface area contributed by atoms with E-state index in [0.717, 1.165) is 36.8 Å². The van der Waals surface area contributed by atoms with E-state index in [1.165, 1.54) is 4.52 Å². The molecular formula is C18H19N3O3. The van der Waals surface area contributed by atoms with E-state index in [9.17, 15) is 9.90 Å². The first-order valence-corrected chi connectivity index (χ1v) is 8.17. The van der Waals surface area contributed by atoms with Gasteiger partial charge in [0.1, 0.15) is 11.4 Å². The Labute approximate surface area is 138 Å². The number of H-pyrrole nitrogens is 1. The molecule has 4 rings (SSSR count). The first-order valence-electron chi connectivity index (χ1n) is 8.17. The van der Waals surface area contributed by atoms with Crippen LogP contribution >= 0.6 is 0 Å². The van der Waals surface area contributed by atoms with Gasteiger partial charge in [-0.05, 0) is 24.8 Å². The number of aromatic nitrogens is 3. The molecule has 124 valence electrons. The molecule has 0 amide bonds. The van der Waals surface area contributed by atoms with Gasteiger partial charge in [0.2, 0.25) is 5.88 Å². The van der Waals surface area contributed by atoms with Gasteiger partial charge in [0.15, 0.2) is 0 Å². The molecule has 1 saturated carbocycles. The highest BCUT2D eigenvalue weighted by Gasteiger charge is 2.26. The minimum atomic E-state index is -0.233. The molecule has 2 heterocycles. The number of methoxy groups -OCH3 is 1. The Kier molecular flexibility index (Phi) is 3.52. The second kappa shape index (κ2) is 5.70. The van der Waals surface area contributed by atoms with Gasteiger partial charge in [0.05, 0.1) is 18.9 Å². The van der Waals surface area contributed by atoms with Crippen LogP contribution in [-0.2, 0) is 0 Å². The number of rotatable bonds is 3. The molecule has 24 heavy (non-hydrogen) atoms. The molecule has 0 saturated heterocycles. The molecule has 0 spiro atoms. The molecule has 1 aliphatic carbocycles. The lowest BCUT2D eigenvalue weighted by atomic mass is 10.00. The minimum Gasteiger partial charge on any atom is -0.496 e. The molecular weight excluding hydrogens is 306 g/mol. The molecule has 2 aromatic heterocycles. The van der Waals surface area contributed by atoms with Crippen LogP contribution in [0.2, 0.25) is 0 Å². The van der Waals surface area contributed by atoms with Crippen LogP contribution in [0.25, 0.3) is 16.8 Å². The summed E-state index contributed by atoms with van der Waals surface area (Å²) in [6, 6.07) is 7.53. The fourth-order valence-corrected chi connectivity index (χ4v) is 3.67. The Morgan fingerprint density at radius 1 is 1.25 bits per heavy atom. The number of ether oxygens (including phenoxy) is 1. The highest BCUT2D eigenvalue weighted by molar-refractivity contribution is 5.81. The molecule has 0 unspecified atom stereocenters. The van der Waals surface area contributed by atoms with Gasteiger partial charge >= 0.3 is 0 Å². The monoisotopic (exact) mass is 325 g/mol. The Balaban J connectivity index is 1.93. The predicted molar refractivity (Wildman–Crippen MR) is 90.7 cm³/mol. The molecule has 6 nitrogen and oxygen atoms in total. The van der Waals surface area contributed by atoms with E-state index < -0.39 is 0 Å². The lowest BCUT2D eigenvalue weighted by Gasteiger charge is -2.12. The summed E-state index contributed by atoms with van der Waals surface area (Å²) in [6.45, 7) is 0. The first kappa shape index (κ1) is 14.8. The van der Waals surface area contributed by atoms with Gasteiger partial charge in [-0.15, -0.1) is 0 Å². The van der Waals surface area contributed by atoms with Gasteiger partial charge in [0.25, 0.3) is 5.56 Å². The van der Waals surface area contributed by atoms with Crippen LogP contribution in [0, 0.1) is 0 Å². The third-order valence-corrected chi connectivity index (χ3v) is 4.85. The van der Waals surface area contributed by atoms with Crippen LogP contribution in [0.5, 0.6) is 11.6 Å². The van der Waals surface area contributed by atoms with Gasteiger partial charge < -0.3 is 14.8 Å². The molecule has 1 aromatic carbocycles. The van der Waals surface area contributed by atoms with Crippen molar-refractivity contribution in [3.05, 3.63) is 46.4 Å². The van der Waals surface area contributed by atoms with Crippen molar-refractivity contribution in [1.29, 1.82) is 0 Å². The highest BCUT2D eigenvalue weighted by Crippen LogP contribution is 2.38. The summed E-state index contributed by atoms with van der Waals surface area (Å²) in [5.74, 6) is 0.742. The number of benzene rings is 1. The average Bonchev–Trinajstić information content (AvgIpc) is 3.25. The molecule has 0 radical (unpaired) electrons. The number of aromatic amines is 1. The molecule has 0 bridgehead atoms. The zero-order valence-electron chi connectivity index (χ0n) is 13.5. The number of nitrogens with zero attached hydrogens (tertiary/aromatic N) is 2. The first-order chi connectivity index (χ1) is 11.7. The zero-order chi connectivity index (χ0) is 16.7. The lowest BCUT2D eigenvalue weighted by molar-refractivity contribution is 0.416. The SMILES string of the molecule is COc1ccccc1-c1cnn2c(O)c(C3CCCC3)c(=O)[nH]c12. The molecule has 2 N–H and O–H groups in total. The molecule has 0 atom stereocenters. The van der Waals surface area contributed by atoms with Crippen LogP contribution in [0.15, 0.2) is 35.3 Å². The van der Waals surface area contributed by atoms with E-state index in [4.69, 9.17) is 4.74 Å². The van der Waals surface area contributed by atoms with Crippen molar-refractivity contribution in [1.82, 2.24) is 14.6 Å². The topological polar surface area (TPSA) is 79.6 Å². The van der Waals surface area contributed by atoms with Crippen molar-refractivity contribution in [2.45, 2.75) is 31.6 Å². The van der Waals surface area contributed by atoms with E-state index in [1.807, 2.05) is 24.3 Å². The second-order valence-corrected chi connectivity index (χ2v) is 6.19. The predicted octanol–water partition coefficient (Wildman–Crippen LogP) is 3.06. The second-order valence-electron chi connectivity index (χ2n) is 6.19. The van der Waals surface area contributed by atoms with Crippen molar-refractivity contribution in [3.8, 4) is 22.8 Å². The van der Waals surface area contributed by atoms with Gasteiger partial charge in [-0.2, -0.15) is 9.61 Å². The fourth-order valence-electron chi connectivity index (χ4n) is 3.67. The van der Waals surface area contributed by atoms with Crippen LogP contribution in [0.4, 0.5) is 0 Å². The Hall–Kier alpha value is -2.76. The van der Waals surface area contributed by atoms with Crippen LogP contribution < -0.4 is 10.3 Å². The summed E-state index contributed by atoms with van der Waals surface area (Å²) in [5, 5.41) is 14.9. The maximum atomic E-state index is 12.6. The number of para-hydroxylation sites is 1. The fraction of sp³-hybridized carbons (Fsp3) is 0.333. The van der Waals surface area contributed by atoms with Crippen molar-refractivity contribution in [3.63, 3.8) is 0 Å². The molecule has 0 aliphatic heterocycles. The minimum absolute atomic E-state index is 0.0539. The summed E-state index contributed by atoms with van der Waals surface area (Å²) < 4.78 is 6.81. The summed E-state index contributed by atoms with van der Waals surface area (Å²) in [4.78, 5) is 15.5. The normalized spacial score (nSPS) is 15.2. The van der Waals surface area contributed by atoms with Crippen molar-refractivity contribution in [2.24, 2.45) is 0 Å². The number of nitrogens with one attached hydrogen (secondary N) is 1. The maximum absolute atomic E-state index is 12.6. The maximum Gasteiger partial charge on any atom is 0.258 e. The quantitative estimate of drug-likeness (QED) is 0.775. The molecule has 6 heteroatoms. The Morgan fingerprint density at radius 3 is 2.75 bits per heavy atom. The Morgan fingerprint density at radius 2 is 2.00 bits per heavy atom. The van der Waals surface area contributed by atoms with Crippen LogP contribution in [0.3, 0.4) is 0 Å². The van der Waals surface area contributed by atoms with E-state index in [1.54, 1.807) is 13.3 Å². The van der Waals surface area contributed by atoms with Crippen molar-refractivity contribution < 1.29 is 9.84 Å². The third kappa shape index (κ3) is 2.18. The summed E-state index contributed by atoms with van der Waals surface area (Å²) in [5.41, 5.74) is 2.23. The average molecular weight is 325 g/mol. The van der Waals surface area contributed by atoms with E-state index >= 15 is 0 Å². The Bertz CT molecular complexity index is 952. The van der Waals surface area contributed by atoms with Crippen molar-refractivity contribution >= 4 is 5.65 Å². The zero-order valence-corrected chi connectivity index (χ0v) is 13.5. The van der Waals surface area contributed by atoms with Gasteiger partial charge in [-0.1, -0.05) is 31.0 Å². The van der Waals surface area contributed by atoms with Crippen molar-refractivity contribution in [2.75, 3.05) is 7.11 Å². The number of aromatic hydroxyl groups is 1. The van der Waals surface area contributed by atoms with Crippen LogP contribution in [0.1, 0.15) is 37.2 Å². The summed E-state index contributed by atoms with van der Waals surface area (Å²) >= 11 is 0. The van der Waals surface area contributed by atoms with E-state index in [2.05, 4.69) is 10.1 Å². The highest BCUT2D eigenvalue weighted by atomic mass is 16.5. The molecule has 1 aliphatic rings. The number of fused-ring (bicyclic) bond motifs is 1.